The highest BCUT2D eigenvalue weighted by atomic mass is 32.2. The number of benzene rings is 1. The molecule has 0 amide bonds. The van der Waals surface area contributed by atoms with Gasteiger partial charge in [-0.1, -0.05) is 22.9 Å². The molecular formula is C15H18N2O4S. The normalized spacial score (nSPS) is 20.2. The van der Waals surface area contributed by atoms with Crippen molar-refractivity contribution in [3.8, 4) is 0 Å². The van der Waals surface area contributed by atoms with Crippen molar-refractivity contribution < 1.29 is 17.7 Å². The van der Waals surface area contributed by atoms with Gasteiger partial charge in [-0.15, -0.1) is 0 Å². The summed E-state index contributed by atoms with van der Waals surface area (Å²) < 4.78 is 37.5. The molecule has 22 heavy (non-hydrogen) atoms. The van der Waals surface area contributed by atoms with Gasteiger partial charge in [-0.25, -0.2) is 8.42 Å². The largest absolute Gasteiger partial charge is 0.369 e. The van der Waals surface area contributed by atoms with Crippen LogP contribution in [0.1, 0.15) is 23.1 Å². The first-order chi connectivity index (χ1) is 10.5. The standard InChI is InChI=1S/C15H18N2O4S/c1-11-3-5-13(6-4-11)22(18,19)17-7-8-20-15(10-17)14-9-12(2)21-16-14/h3-6,9,15H,7-8,10H2,1-2H3. The molecule has 1 fully saturated rings. The van der Waals surface area contributed by atoms with Crippen LogP contribution in [0.3, 0.4) is 0 Å². The number of rotatable bonds is 3. The van der Waals surface area contributed by atoms with Gasteiger partial charge >= 0.3 is 0 Å². The molecule has 2 heterocycles. The molecule has 118 valence electrons. The van der Waals surface area contributed by atoms with Gasteiger partial charge in [0, 0.05) is 19.2 Å². The van der Waals surface area contributed by atoms with E-state index in [1.165, 1.54) is 4.31 Å². The monoisotopic (exact) mass is 322 g/mol. The molecular weight excluding hydrogens is 304 g/mol. The lowest BCUT2D eigenvalue weighted by Gasteiger charge is -2.31. The number of aromatic nitrogens is 1. The van der Waals surface area contributed by atoms with Crippen molar-refractivity contribution in [1.82, 2.24) is 9.46 Å². The van der Waals surface area contributed by atoms with Gasteiger partial charge in [0.05, 0.1) is 11.5 Å². The van der Waals surface area contributed by atoms with Crippen LogP contribution in [0.15, 0.2) is 39.8 Å². The molecule has 1 aliphatic rings. The molecule has 0 radical (unpaired) electrons. The van der Waals surface area contributed by atoms with Crippen LogP contribution in [0.4, 0.5) is 0 Å². The first-order valence-corrected chi connectivity index (χ1v) is 8.52. The van der Waals surface area contributed by atoms with Crippen LogP contribution >= 0.6 is 0 Å². The average molecular weight is 322 g/mol. The minimum Gasteiger partial charge on any atom is -0.369 e. The molecule has 0 bridgehead atoms. The molecule has 1 aliphatic heterocycles. The number of hydrogen-bond donors (Lipinski definition) is 0. The lowest BCUT2D eigenvalue weighted by Crippen LogP contribution is -2.42. The first-order valence-electron chi connectivity index (χ1n) is 7.08. The van der Waals surface area contributed by atoms with Crippen molar-refractivity contribution in [2.75, 3.05) is 19.7 Å². The summed E-state index contributed by atoms with van der Waals surface area (Å²) in [4.78, 5) is 0.301. The Morgan fingerprint density at radius 2 is 1.95 bits per heavy atom. The zero-order valence-electron chi connectivity index (χ0n) is 12.5. The summed E-state index contributed by atoms with van der Waals surface area (Å²) in [7, 11) is -3.52. The van der Waals surface area contributed by atoms with Crippen molar-refractivity contribution in [2.45, 2.75) is 24.8 Å². The third-order valence-corrected chi connectivity index (χ3v) is 5.54. The Morgan fingerprint density at radius 1 is 1.23 bits per heavy atom. The van der Waals surface area contributed by atoms with Crippen LogP contribution < -0.4 is 0 Å². The highest BCUT2D eigenvalue weighted by molar-refractivity contribution is 7.89. The Bertz CT molecular complexity index is 752. The predicted molar refractivity (Wildman–Crippen MR) is 79.9 cm³/mol. The second-order valence-corrected chi connectivity index (χ2v) is 7.34. The molecule has 7 heteroatoms. The second-order valence-electron chi connectivity index (χ2n) is 5.40. The van der Waals surface area contributed by atoms with Crippen LogP contribution in [0.5, 0.6) is 0 Å². The van der Waals surface area contributed by atoms with E-state index in [1.807, 2.05) is 6.92 Å². The molecule has 1 atom stereocenters. The quantitative estimate of drug-likeness (QED) is 0.865. The Hall–Kier alpha value is -1.70. The number of sulfonamides is 1. The Kier molecular flexibility index (Phi) is 4.03. The summed E-state index contributed by atoms with van der Waals surface area (Å²) in [6.45, 7) is 4.63. The first kappa shape index (κ1) is 15.2. The topological polar surface area (TPSA) is 72.6 Å². The van der Waals surface area contributed by atoms with E-state index in [0.717, 1.165) is 5.56 Å². The molecule has 0 saturated carbocycles. The lowest BCUT2D eigenvalue weighted by molar-refractivity contribution is -0.00646. The summed E-state index contributed by atoms with van der Waals surface area (Å²) in [5, 5.41) is 3.92. The molecule has 0 aliphatic carbocycles. The van der Waals surface area contributed by atoms with Gasteiger partial charge in [-0.2, -0.15) is 4.31 Å². The fourth-order valence-electron chi connectivity index (χ4n) is 2.42. The van der Waals surface area contributed by atoms with Crippen LogP contribution in [0, 0.1) is 13.8 Å². The van der Waals surface area contributed by atoms with E-state index in [4.69, 9.17) is 9.26 Å². The highest BCUT2D eigenvalue weighted by Gasteiger charge is 2.32. The number of ether oxygens (including phenoxy) is 1. The lowest BCUT2D eigenvalue weighted by atomic mass is 10.2. The van der Waals surface area contributed by atoms with Gasteiger partial charge in [0.15, 0.2) is 0 Å². The van der Waals surface area contributed by atoms with E-state index in [2.05, 4.69) is 5.16 Å². The predicted octanol–water partition coefficient (Wildman–Crippen LogP) is 2.05. The number of morpholine rings is 1. The Labute approximate surface area is 129 Å². The molecule has 6 nitrogen and oxygen atoms in total. The number of nitrogens with zero attached hydrogens (tertiary/aromatic N) is 2. The zero-order valence-corrected chi connectivity index (χ0v) is 13.3. The summed E-state index contributed by atoms with van der Waals surface area (Å²) in [6.07, 6.45) is -0.397. The fraction of sp³-hybridized carbons (Fsp3) is 0.400. The Morgan fingerprint density at radius 3 is 2.59 bits per heavy atom. The van der Waals surface area contributed by atoms with E-state index in [-0.39, 0.29) is 6.54 Å². The van der Waals surface area contributed by atoms with Crippen molar-refractivity contribution in [1.29, 1.82) is 0 Å². The smallest absolute Gasteiger partial charge is 0.243 e. The molecule has 1 aromatic heterocycles. The maximum Gasteiger partial charge on any atom is 0.243 e. The van der Waals surface area contributed by atoms with Crippen LogP contribution in [0.2, 0.25) is 0 Å². The van der Waals surface area contributed by atoms with Crippen LogP contribution in [0.25, 0.3) is 0 Å². The van der Waals surface area contributed by atoms with Gasteiger partial charge in [-0.3, -0.25) is 0 Å². The number of hydrogen-bond acceptors (Lipinski definition) is 5. The van der Waals surface area contributed by atoms with E-state index in [0.29, 0.717) is 29.5 Å². The average Bonchev–Trinajstić information content (AvgIpc) is 2.94. The van der Waals surface area contributed by atoms with E-state index in [1.54, 1.807) is 37.3 Å². The highest BCUT2D eigenvalue weighted by Crippen LogP contribution is 2.26. The minimum absolute atomic E-state index is 0.238. The molecule has 0 spiro atoms. The molecule has 3 rings (SSSR count). The molecule has 2 aromatic rings. The van der Waals surface area contributed by atoms with Crippen molar-refractivity contribution in [3.05, 3.63) is 47.3 Å². The maximum atomic E-state index is 12.7. The third kappa shape index (κ3) is 2.92. The van der Waals surface area contributed by atoms with Crippen LogP contribution in [-0.2, 0) is 14.8 Å². The minimum atomic E-state index is -3.52. The summed E-state index contributed by atoms with van der Waals surface area (Å²) >= 11 is 0. The molecule has 1 saturated heterocycles. The molecule has 0 N–H and O–H groups in total. The Balaban J connectivity index is 1.83. The number of aryl methyl sites for hydroxylation is 2. The fourth-order valence-corrected chi connectivity index (χ4v) is 3.84. The van der Waals surface area contributed by atoms with Gasteiger partial charge in [0.1, 0.15) is 17.6 Å². The maximum absolute atomic E-state index is 12.7. The van der Waals surface area contributed by atoms with Gasteiger partial charge in [-0.05, 0) is 26.0 Å². The van der Waals surface area contributed by atoms with Crippen LogP contribution in [-0.4, -0.2) is 37.6 Å². The molecule has 1 unspecified atom stereocenters. The van der Waals surface area contributed by atoms with E-state index in [9.17, 15) is 8.42 Å². The summed E-state index contributed by atoms with van der Waals surface area (Å²) in [6, 6.07) is 8.63. The van der Waals surface area contributed by atoms with Gasteiger partial charge in [0.25, 0.3) is 0 Å². The zero-order chi connectivity index (χ0) is 15.7. The van der Waals surface area contributed by atoms with Crippen molar-refractivity contribution in [2.24, 2.45) is 0 Å². The summed E-state index contributed by atoms with van der Waals surface area (Å²) in [5.41, 5.74) is 1.65. The van der Waals surface area contributed by atoms with Crippen molar-refractivity contribution in [3.63, 3.8) is 0 Å². The van der Waals surface area contributed by atoms with E-state index < -0.39 is 16.1 Å². The SMILES string of the molecule is Cc1ccc(S(=O)(=O)N2CCOC(c3cc(C)on3)C2)cc1. The molecule has 1 aromatic carbocycles. The van der Waals surface area contributed by atoms with E-state index >= 15 is 0 Å². The van der Waals surface area contributed by atoms with Gasteiger partial charge < -0.3 is 9.26 Å². The van der Waals surface area contributed by atoms with Crippen molar-refractivity contribution >= 4 is 10.0 Å². The summed E-state index contributed by atoms with van der Waals surface area (Å²) in [5.74, 6) is 0.678. The second kappa shape index (κ2) is 5.83. The van der Waals surface area contributed by atoms with Gasteiger partial charge in [0.2, 0.25) is 10.0 Å². The third-order valence-electron chi connectivity index (χ3n) is 3.66.